The summed E-state index contributed by atoms with van der Waals surface area (Å²) in [6.07, 6.45) is 0. The normalized spacial score (nSPS) is 21.4. The molecule has 1 aliphatic heterocycles. The molecule has 0 aromatic rings. The van der Waals surface area contributed by atoms with Crippen LogP contribution in [0.1, 0.15) is 0 Å². The first-order chi connectivity index (χ1) is 5.71. The quantitative estimate of drug-likeness (QED) is 0.420. The maximum atomic E-state index is 11.0. The Labute approximate surface area is 77.4 Å². The maximum absolute atomic E-state index is 11.0. The fourth-order valence-electron chi connectivity index (χ4n) is 0.729. The molecule has 0 aliphatic carbocycles. The number of hydroxylamine groups is 3. The minimum atomic E-state index is -6.06. The van der Waals surface area contributed by atoms with E-state index >= 15 is 0 Å². The van der Waals surface area contributed by atoms with Crippen LogP contribution in [0.5, 0.6) is 0 Å². The van der Waals surface area contributed by atoms with Gasteiger partial charge in [-0.25, -0.2) is 0 Å². The Morgan fingerprint density at radius 1 is 1.15 bits per heavy atom. The van der Waals surface area contributed by atoms with E-state index in [2.05, 4.69) is 0 Å². The van der Waals surface area contributed by atoms with E-state index in [0.29, 0.717) is 26.3 Å². The molecule has 1 aliphatic rings. The Hall–Kier alpha value is -0.284. The standard InChI is InChI=1S/C5H11NO2.4O.Os/c1-6(7)2-4-8-5-3-6;;;;;/h2-5H2,1H3;;;;;. The molecule has 1 fully saturated rings. The van der Waals surface area contributed by atoms with Crippen LogP contribution in [0.3, 0.4) is 0 Å². The van der Waals surface area contributed by atoms with Gasteiger partial charge in [-0.15, -0.1) is 0 Å². The van der Waals surface area contributed by atoms with Crippen LogP contribution in [-0.4, -0.2) is 38.0 Å². The molecule has 80 valence electrons. The molecule has 8 heteroatoms. The van der Waals surface area contributed by atoms with Crippen molar-refractivity contribution in [1.82, 2.24) is 0 Å². The molecule has 7 nitrogen and oxygen atoms in total. The Balaban J connectivity index is 0.000000252. The number of ether oxygens (including phenoxy) is 1. The van der Waals surface area contributed by atoms with E-state index in [9.17, 15) is 5.21 Å². The van der Waals surface area contributed by atoms with Crippen molar-refractivity contribution in [2.24, 2.45) is 0 Å². The molecule has 0 atom stereocenters. The van der Waals surface area contributed by atoms with E-state index in [1.807, 2.05) is 0 Å². The van der Waals surface area contributed by atoms with Crippen LogP contribution < -0.4 is 0 Å². The van der Waals surface area contributed by atoms with Gasteiger partial charge in [0.1, 0.15) is 13.1 Å². The second kappa shape index (κ2) is 4.82. The van der Waals surface area contributed by atoms with Crippen molar-refractivity contribution in [2.45, 2.75) is 0 Å². The zero-order valence-electron chi connectivity index (χ0n) is 7.08. The molecule has 0 N–H and O–H groups in total. The van der Waals surface area contributed by atoms with Crippen LogP contribution in [0, 0.1) is 5.21 Å². The van der Waals surface area contributed by atoms with E-state index in [0.717, 1.165) is 0 Å². The second-order valence-electron chi connectivity index (χ2n) is 2.71. The van der Waals surface area contributed by atoms with Crippen LogP contribution in [0.25, 0.3) is 0 Å². The van der Waals surface area contributed by atoms with Crippen molar-refractivity contribution in [1.29, 1.82) is 0 Å². The summed E-state index contributed by atoms with van der Waals surface area (Å²) in [5.74, 6) is 0. The first-order valence-corrected chi connectivity index (χ1v) is 7.57. The summed E-state index contributed by atoms with van der Waals surface area (Å²) in [6.45, 7) is 2.47. The molecule has 1 rings (SSSR count). The van der Waals surface area contributed by atoms with Gasteiger partial charge in [0.25, 0.3) is 0 Å². The van der Waals surface area contributed by atoms with Crippen LogP contribution >= 0.6 is 0 Å². The molecule has 1 saturated heterocycles. The molecule has 13 heavy (non-hydrogen) atoms. The third-order valence-electron chi connectivity index (χ3n) is 1.42. The Bertz CT molecular complexity index is 303. The number of likely N-dealkylation sites (N-methyl/N-ethyl adjacent to an activating group) is 1. The number of hydrogen-bond donors (Lipinski definition) is 0. The minimum absolute atomic E-state index is 0.125. The first-order valence-electron chi connectivity index (χ1n) is 3.42. The molecule has 0 saturated carbocycles. The summed E-state index contributed by atoms with van der Waals surface area (Å²) in [5, 5.41) is 11.0. The van der Waals surface area contributed by atoms with Crippen molar-refractivity contribution >= 4 is 0 Å². The topological polar surface area (TPSA) is 101 Å². The molecular weight excluding hydrogens is 360 g/mol. The van der Waals surface area contributed by atoms with Crippen molar-refractivity contribution in [2.75, 3.05) is 33.4 Å². The van der Waals surface area contributed by atoms with Crippen LogP contribution in [-0.2, 0) is 33.7 Å². The van der Waals surface area contributed by atoms with E-state index < -0.39 is 14.8 Å². The van der Waals surface area contributed by atoms with Gasteiger partial charge in [-0.2, -0.15) is 0 Å². The average molecular weight is 371 g/mol. The number of hydrogen-bond acceptors (Lipinski definition) is 6. The van der Waals surface area contributed by atoms with Crippen molar-refractivity contribution in [3.8, 4) is 0 Å². The van der Waals surface area contributed by atoms with Gasteiger partial charge in [0.05, 0.1) is 20.3 Å². The fraction of sp³-hybridized carbons (Fsp3) is 1.00. The number of morpholine rings is 1. The summed E-state index contributed by atoms with van der Waals surface area (Å²) in [5.41, 5.74) is 0. The van der Waals surface area contributed by atoms with Crippen LogP contribution in [0.4, 0.5) is 0 Å². The molecule has 0 aromatic heterocycles. The second-order valence-corrected chi connectivity index (χ2v) is 5.25. The Morgan fingerprint density at radius 2 is 1.46 bits per heavy atom. The van der Waals surface area contributed by atoms with E-state index in [1.165, 1.54) is 0 Å². The van der Waals surface area contributed by atoms with Crippen LogP contribution in [0.15, 0.2) is 0 Å². The summed E-state index contributed by atoms with van der Waals surface area (Å²) < 4.78 is 39.4. The van der Waals surface area contributed by atoms with Gasteiger partial charge >= 0.3 is 29.0 Å². The summed E-state index contributed by atoms with van der Waals surface area (Å²) in [7, 11) is 1.68. The molecule has 0 bridgehead atoms. The Morgan fingerprint density at radius 3 is 1.62 bits per heavy atom. The average Bonchev–Trinajstić information content (AvgIpc) is 1.82. The van der Waals surface area contributed by atoms with E-state index in [1.54, 1.807) is 7.05 Å². The summed E-state index contributed by atoms with van der Waals surface area (Å²) in [6, 6.07) is 0. The van der Waals surface area contributed by atoms with Crippen LogP contribution in [0.2, 0.25) is 0 Å². The summed E-state index contributed by atoms with van der Waals surface area (Å²) in [4.78, 5) is 0. The predicted molar refractivity (Wildman–Crippen MR) is 32.9 cm³/mol. The molecule has 0 amide bonds. The van der Waals surface area contributed by atoms with Gasteiger partial charge < -0.3 is 14.6 Å². The number of nitrogens with zero attached hydrogens (tertiary/aromatic N) is 1. The van der Waals surface area contributed by atoms with Gasteiger partial charge in [-0.1, -0.05) is 0 Å². The monoisotopic (exact) mass is 373 g/mol. The summed E-state index contributed by atoms with van der Waals surface area (Å²) >= 11 is -6.06. The van der Waals surface area contributed by atoms with Gasteiger partial charge in [0.2, 0.25) is 0 Å². The third kappa shape index (κ3) is 11.7. The molecular formula is C5H11NO6Os. The zero-order chi connectivity index (χ0) is 10.5. The van der Waals surface area contributed by atoms with Gasteiger partial charge in [-0.05, 0) is 0 Å². The Kier molecular flexibility index (Phi) is 4.71. The molecule has 0 aromatic carbocycles. The molecule has 0 unspecified atom stereocenters. The number of rotatable bonds is 0. The fourth-order valence-corrected chi connectivity index (χ4v) is 0.729. The predicted octanol–water partition coefficient (Wildman–Crippen LogP) is -0.517. The van der Waals surface area contributed by atoms with Crippen molar-refractivity contribution in [3.05, 3.63) is 5.21 Å². The molecule has 0 radical (unpaired) electrons. The van der Waals surface area contributed by atoms with Crippen molar-refractivity contribution < 1.29 is 38.4 Å². The van der Waals surface area contributed by atoms with E-state index in [-0.39, 0.29) is 4.65 Å². The number of quaternary nitrogens is 1. The zero-order valence-corrected chi connectivity index (χ0v) is 9.62. The third-order valence-corrected chi connectivity index (χ3v) is 1.42. The van der Waals surface area contributed by atoms with Gasteiger partial charge in [-0.3, -0.25) is 0 Å². The molecule has 0 spiro atoms. The van der Waals surface area contributed by atoms with E-state index in [4.69, 9.17) is 18.9 Å². The SMILES string of the molecule is C[N+]1([O-])CCOCC1.[O]=[Os](=[O])(=[O])=[O]. The van der Waals surface area contributed by atoms with Crippen molar-refractivity contribution in [3.63, 3.8) is 0 Å². The first kappa shape index (κ1) is 12.7. The van der Waals surface area contributed by atoms with Gasteiger partial charge in [0, 0.05) is 0 Å². The molecule has 1 heterocycles. The van der Waals surface area contributed by atoms with Gasteiger partial charge in [0.15, 0.2) is 0 Å².